The van der Waals surface area contributed by atoms with Crippen molar-refractivity contribution in [3.63, 3.8) is 0 Å². The number of aliphatic hydroxyl groups excluding tert-OH is 1. The molecule has 0 aliphatic carbocycles. The van der Waals surface area contributed by atoms with Gasteiger partial charge in [-0.1, -0.05) is 0 Å². The molecule has 1 N–H and O–H groups in total. The number of nitrogens with zero attached hydrogens (tertiary/aromatic N) is 4. The van der Waals surface area contributed by atoms with Gasteiger partial charge in [-0.15, -0.1) is 0 Å². The number of aryl methyl sites for hydroxylation is 2. The SMILES string of the molecule is Cc1nc(C)c2ncn([C@@H]3O[C@](F)(COP(=O)(OCOC(=O)OC(C)C)OCOC(=O)OC(C)C)[C@@H](O)[C@@]3(C)F)c2n1. The summed E-state index contributed by atoms with van der Waals surface area (Å²) in [7, 11) is -4.95. The van der Waals surface area contributed by atoms with E-state index in [0.29, 0.717) is 17.0 Å². The normalized spacial score (nSPS) is 24.4. The number of hydrogen-bond acceptors (Lipinski definition) is 15. The summed E-state index contributed by atoms with van der Waals surface area (Å²) >= 11 is 0. The summed E-state index contributed by atoms with van der Waals surface area (Å²) in [4.78, 5) is 35.7. The maximum atomic E-state index is 16.0. The summed E-state index contributed by atoms with van der Waals surface area (Å²) in [5, 5.41) is 10.6. The first-order valence-electron chi connectivity index (χ1n) is 12.6. The maximum Gasteiger partial charge on any atom is 0.510 e. The Hall–Kier alpha value is -3.02. The van der Waals surface area contributed by atoms with E-state index >= 15 is 8.78 Å². The molecule has 16 nitrogen and oxygen atoms in total. The Morgan fingerprint density at radius 3 is 2.12 bits per heavy atom. The van der Waals surface area contributed by atoms with Crippen LogP contribution in [0.15, 0.2) is 6.33 Å². The highest BCUT2D eigenvalue weighted by Crippen LogP contribution is 2.54. The van der Waals surface area contributed by atoms with Gasteiger partial charge in [0.15, 0.2) is 23.6 Å². The first-order chi connectivity index (χ1) is 19.5. The molecule has 0 saturated carbocycles. The van der Waals surface area contributed by atoms with Gasteiger partial charge in [0.05, 0.1) is 24.2 Å². The summed E-state index contributed by atoms with van der Waals surface area (Å²) < 4.78 is 84.7. The Bertz CT molecular complexity index is 1290. The van der Waals surface area contributed by atoms with Crippen LogP contribution in [0.2, 0.25) is 0 Å². The molecule has 3 rings (SSSR count). The first-order valence-corrected chi connectivity index (χ1v) is 14.1. The lowest BCUT2D eigenvalue weighted by Gasteiger charge is -2.26. The Balaban J connectivity index is 1.77. The van der Waals surface area contributed by atoms with Crippen molar-refractivity contribution < 1.29 is 65.3 Å². The zero-order chi connectivity index (χ0) is 31.5. The molecule has 2 aromatic heterocycles. The number of aliphatic hydroxyl groups is 1. The highest BCUT2D eigenvalue weighted by atomic mass is 31.2. The molecular formula is C23H33F2N4O12P. The van der Waals surface area contributed by atoms with Crippen molar-refractivity contribution in [1.82, 2.24) is 19.5 Å². The predicted molar refractivity (Wildman–Crippen MR) is 135 cm³/mol. The predicted octanol–water partition coefficient (Wildman–Crippen LogP) is 3.92. The topological polar surface area (TPSA) is 189 Å². The smallest absolute Gasteiger partial charge is 0.432 e. The zero-order valence-corrected chi connectivity index (χ0v) is 24.8. The van der Waals surface area contributed by atoms with Crippen LogP contribution in [0.4, 0.5) is 18.4 Å². The van der Waals surface area contributed by atoms with Gasteiger partial charge in [0.25, 0.3) is 5.85 Å². The van der Waals surface area contributed by atoms with E-state index < -0.39 is 76.4 Å². The van der Waals surface area contributed by atoms with E-state index in [2.05, 4.69) is 24.4 Å². The number of imidazole rings is 1. The van der Waals surface area contributed by atoms with E-state index in [9.17, 15) is 19.3 Å². The fourth-order valence-corrected chi connectivity index (χ4v) is 4.66. The number of ether oxygens (including phenoxy) is 5. The standard InChI is InChI=1S/C23H33F2N4O12P/c1-12(2)39-20(31)34-10-37-42(33,38-11-35-21(32)40-13(3)4)36-8-23(25)18(30)22(7,24)19(41-23)29-9-26-16-14(5)27-15(6)28-17(16)29/h9,12-13,18-19,30H,8,10-11H2,1-7H3/t18-,19+,22+,23+/m0/s1. The Morgan fingerprint density at radius 1 is 1.05 bits per heavy atom. The summed E-state index contributed by atoms with van der Waals surface area (Å²) in [6, 6.07) is 0. The third-order valence-corrected chi connectivity index (χ3v) is 6.84. The maximum absolute atomic E-state index is 16.0. The van der Waals surface area contributed by atoms with Crippen molar-refractivity contribution in [2.45, 2.75) is 84.5 Å². The highest BCUT2D eigenvalue weighted by Gasteiger charge is 2.65. The van der Waals surface area contributed by atoms with Crippen molar-refractivity contribution in [2.24, 2.45) is 0 Å². The quantitative estimate of drug-likeness (QED) is 0.202. The molecule has 1 fully saturated rings. The largest absolute Gasteiger partial charge is 0.510 e. The number of carbonyl (C=O) groups excluding carboxylic acids is 2. The molecule has 0 unspecified atom stereocenters. The minimum atomic E-state index is -4.95. The molecule has 0 bridgehead atoms. The summed E-state index contributed by atoms with van der Waals surface area (Å²) in [5.74, 6) is -3.01. The third-order valence-electron chi connectivity index (χ3n) is 5.55. The second-order valence-corrected chi connectivity index (χ2v) is 11.5. The molecule has 42 heavy (non-hydrogen) atoms. The van der Waals surface area contributed by atoms with E-state index in [1.54, 1.807) is 13.8 Å². The molecule has 3 heterocycles. The van der Waals surface area contributed by atoms with E-state index in [1.807, 2.05) is 0 Å². The van der Waals surface area contributed by atoms with Gasteiger partial charge in [-0.05, 0) is 48.5 Å². The van der Waals surface area contributed by atoms with Gasteiger partial charge in [-0.3, -0.25) is 9.09 Å². The van der Waals surface area contributed by atoms with Gasteiger partial charge in [0.2, 0.25) is 13.6 Å². The number of hydrogen-bond donors (Lipinski definition) is 1. The summed E-state index contributed by atoms with van der Waals surface area (Å²) in [6.45, 7) is 6.68. The van der Waals surface area contributed by atoms with Crippen LogP contribution in [0.5, 0.6) is 0 Å². The number of alkyl halides is 2. The number of phosphoric acid groups is 1. The molecular weight excluding hydrogens is 593 g/mol. The second-order valence-electron chi connectivity index (χ2n) is 9.83. The van der Waals surface area contributed by atoms with Crippen molar-refractivity contribution in [3.05, 3.63) is 17.8 Å². The third kappa shape index (κ3) is 7.87. The minimum absolute atomic E-state index is 0.111. The fourth-order valence-electron chi connectivity index (χ4n) is 3.74. The number of aromatic nitrogens is 4. The van der Waals surface area contributed by atoms with Crippen LogP contribution in [-0.2, 0) is 41.8 Å². The average Bonchev–Trinajstić information content (AvgIpc) is 3.35. The Labute approximate surface area is 239 Å². The van der Waals surface area contributed by atoms with Crippen LogP contribution in [0.25, 0.3) is 11.2 Å². The van der Waals surface area contributed by atoms with Crippen LogP contribution in [0.1, 0.15) is 52.4 Å². The van der Waals surface area contributed by atoms with Gasteiger partial charge < -0.3 is 28.8 Å². The molecule has 4 atom stereocenters. The number of fused-ring (bicyclic) bond motifs is 1. The molecule has 0 radical (unpaired) electrons. The molecule has 0 aromatic carbocycles. The minimum Gasteiger partial charge on any atom is -0.432 e. The van der Waals surface area contributed by atoms with Crippen molar-refractivity contribution in [1.29, 1.82) is 0 Å². The van der Waals surface area contributed by atoms with Gasteiger partial charge in [-0.2, -0.15) is 0 Å². The molecule has 1 aliphatic heterocycles. The summed E-state index contributed by atoms with van der Waals surface area (Å²) in [6.07, 6.45) is -6.70. The van der Waals surface area contributed by atoms with Crippen LogP contribution in [0, 0.1) is 13.8 Å². The monoisotopic (exact) mass is 626 g/mol. The second kappa shape index (κ2) is 13.1. The lowest BCUT2D eigenvalue weighted by Crippen LogP contribution is -2.46. The van der Waals surface area contributed by atoms with E-state index in [1.165, 1.54) is 27.7 Å². The lowest BCUT2D eigenvalue weighted by atomic mass is 9.97. The molecule has 1 saturated heterocycles. The number of carbonyl (C=O) groups is 2. The number of halogens is 2. The van der Waals surface area contributed by atoms with Crippen LogP contribution >= 0.6 is 7.82 Å². The fraction of sp³-hybridized carbons (Fsp3) is 0.696. The average molecular weight is 627 g/mol. The van der Waals surface area contributed by atoms with Gasteiger partial charge in [0.1, 0.15) is 17.9 Å². The van der Waals surface area contributed by atoms with E-state index in [0.717, 1.165) is 17.8 Å². The molecule has 236 valence electrons. The Morgan fingerprint density at radius 2 is 1.60 bits per heavy atom. The van der Waals surface area contributed by atoms with Crippen molar-refractivity contribution in [2.75, 3.05) is 20.2 Å². The molecule has 0 spiro atoms. The van der Waals surface area contributed by atoms with Crippen LogP contribution < -0.4 is 0 Å². The first kappa shape index (κ1) is 33.5. The molecule has 19 heteroatoms. The summed E-state index contributed by atoms with van der Waals surface area (Å²) in [5.41, 5.74) is -1.92. The highest BCUT2D eigenvalue weighted by molar-refractivity contribution is 7.48. The van der Waals surface area contributed by atoms with Crippen molar-refractivity contribution in [3.8, 4) is 0 Å². The van der Waals surface area contributed by atoms with Crippen LogP contribution in [0.3, 0.4) is 0 Å². The van der Waals surface area contributed by atoms with Gasteiger partial charge in [-0.25, -0.2) is 46.9 Å². The molecule has 1 aliphatic rings. The zero-order valence-electron chi connectivity index (χ0n) is 23.9. The van der Waals surface area contributed by atoms with Gasteiger partial charge in [0, 0.05) is 0 Å². The van der Waals surface area contributed by atoms with Gasteiger partial charge >= 0.3 is 20.1 Å². The Kier molecular flexibility index (Phi) is 10.4. The lowest BCUT2D eigenvalue weighted by molar-refractivity contribution is -0.205. The van der Waals surface area contributed by atoms with Crippen molar-refractivity contribution >= 4 is 31.3 Å². The number of rotatable bonds is 12. The molecule has 0 amide bonds. The number of phosphoric ester groups is 1. The van der Waals surface area contributed by atoms with E-state index in [-0.39, 0.29) is 5.65 Å². The van der Waals surface area contributed by atoms with E-state index in [4.69, 9.17) is 27.8 Å². The molecule has 2 aromatic rings. The van der Waals surface area contributed by atoms with Crippen LogP contribution in [-0.4, -0.2) is 87.0 Å².